The molecule has 10 nitrogen and oxygen atoms in total. The highest BCUT2D eigenvalue weighted by molar-refractivity contribution is 9.10. The zero-order valence-corrected chi connectivity index (χ0v) is 26.7. The molecule has 2 N–H and O–H groups in total. The number of amides is 2. The van der Waals surface area contributed by atoms with E-state index in [1.807, 2.05) is 38.1 Å². The van der Waals surface area contributed by atoms with E-state index in [4.69, 9.17) is 9.47 Å². The van der Waals surface area contributed by atoms with Crippen molar-refractivity contribution in [2.45, 2.75) is 18.7 Å². The Hall–Kier alpha value is -4.68. The molecule has 4 aromatic carbocycles. The Morgan fingerprint density at radius 3 is 2.14 bits per heavy atom. The number of hydrogen-bond donors (Lipinski definition) is 2. The lowest BCUT2D eigenvalue weighted by molar-refractivity contribution is -0.119. The first-order valence-corrected chi connectivity index (χ1v) is 15.6. The normalized spacial score (nSPS) is 11.2. The number of halogens is 1. The summed E-state index contributed by atoms with van der Waals surface area (Å²) in [6.45, 7) is 3.18. The minimum atomic E-state index is -4.13. The van der Waals surface area contributed by atoms with Crippen molar-refractivity contribution < 1.29 is 27.5 Å². The molecule has 4 rings (SSSR count). The van der Waals surface area contributed by atoms with Crippen LogP contribution in [0, 0.1) is 13.8 Å². The fourth-order valence-corrected chi connectivity index (χ4v) is 6.08. The van der Waals surface area contributed by atoms with Gasteiger partial charge < -0.3 is 14.8 Å². The van der Waals surface area contributed by atoms with E-state index in [0.29, 0.717) is 32.9 Å². The van der Waals surface area contributed by atoms with Crippen LogP contribution in [0.3, 0.4) is 0 Å². The summed E-state index contributed by atoms with van der Waals surface area (Å²) in [4.78, 5) is 25.0. The highest BCUT2D eigenvalue weighted by Gasteiger charge is 2.28. The van der Waals surface area contributed by atoms with Crippen LogP contribution in [0.15, 0.2) is 105 Å². The number of nitrogens with zero attached hydrogens (tertiary/aromatic N) is 2. The molecule has 0 atom stereocenters. The molecule has 0 bridgehead atoms. The second-order valence-electron chi connectivity index (χ2n) is 9.71. The third-order valence-electron chi connectivity index (χ3n) is 6.31. The van der Waals surface area contributed by atoms with E-state index in [1.165, 1.54) is 31.5 Å². The number of carbonyl (C=O) groups is 2. The van der Waals surface area contributed by atoms with Gasteiger partial charge in [-0.15, -0.1) is 0 Å². The molecule has 2 amide bonds. The summed E-state index contributed by atoms with van der Waals surface area (Å²) < 4.78 is 39.5. The van der Waals surface area contributed by atoms with Crippen LogP contribution in [-0.4, -0.2) is 46.7 Å². The standard InChI is InChI=1S/C32H31BrN4O6S/c1-22-4-10-25(11-5-22)35-32(39)21-43-27-14-8-24(9-15-27)19-34-36-31(38)20-37(26-12-6-23(2)7-13-26)44(40,41)28-16-17-30(42-3)29(33)18-28/h4-19H,20-21H2,1-3H3,(H,35,39)(H,36,38)/b34-19+. The number of ether oxygens (including phenoxy) is 2. The Bertz CT molecular complexity index is 1740. The van der Waals surface area contributed by atoms with Gasteiger partial charge in [0.15, 0.2) is 6.61 Å². The summed E-state index contributed by atoms with van der Waals surface area (Å²) in [5.41, 5.74) is 6.08. The van der Waals surface area contributed by atoms with Crippen molar-refractivity contribution in [3.63, 3.8) is 0 Å². The zero-order chi connectivity index (χ0) is 31.7. The second-order valence-corrected chi connectivity index (χ2v) is 12.4. The number of rotatable bonds is 12. The predicted molar refractivity (Wildman–Crippen MR) is 174 cm³/mol. The highest BCUT2D eigenvalue weighted by Crippen LogP contribution is 2.30. The van der Waals surface area contributed by atoms with Crippen LogP contribution < -0.4 is 24.5 Å². The van der Waals surface area contributed by atoms with Gasteiger partial charge in [-0.25, -0.2) is 13.8 Å². The molecule has 0 fully saturated rings. The minimum absolute atomic E-state index is 0.0167. The zero-order valence-electron chi connectivity index (χ0n) is 24.3. The molecule has 4 aromatic rings. The van der Waals surface area contributed by atoms with Crippen molar-refractivity contribution in [2.24, 2.45) is 5.10 Å². The van der Waals surface area contributed by atoms with Gasteiger partial charge >= 0.3 is 0 Å². The average molecular weight is 680 g/mol. The third kappa shape index (κ3) is 8.68. The van der Waals surface area contributed by atoms with Crippen LogP contribution in [-0.2, 0) is 19.6 Å². The Kier molecular flexibility index (Phi) is 10.7. The molecule has 0 heterocycles. The van der Waals surface area contributed by atoms with E-state index < -0.39 is 22.5 Å². The van der Waals surface area contributed by atoms with E-state index in [-0.39, 0.29) is 17.4 Å². The molecule has 0 radical (unpaired) electrons. The summed E-state index contributed by atoms with van der Waals surface area (Å²) in [7, 11) is -2.65. The third-order valence-corrected chi connectivity index (χ3v) is 8.70. The van der Waals surface area contributed by atoms with Gasteiger partial charge in [-0.3, -0.25) is 13.9 Å². The molecule has 44 heavy (non-hydrogen) atoms. The number of sulfonamides is 1. The van der Waals surface area contributed by atoms with Gasteiger partial charge in [-0.05, 0) is 102 Å². The molecule has 228 valence electrons. The van der Waals surface area contributed by atoms with Crippen LogP contribution in [0.5, 0.6) is 11.5 Å². The summed E-state index contributed by atoms with van der Waals surface area (Å²) in [6.07, 6.45) is 1.41. The fourth-order valence-electron chi connectivity index (χ4n) is 3.94. The fraction of sp³-hybridized carbons (Fsp3) is 0.156. The van der Waals surface area contributed by atoms with Crippen molar-refractivity contribution in [1.82, 2.24) is 5.43 Å². The largest absolute Gasteiger partial charge is 0.496 e. The molecule has 0 saturated carbocycles. The maximum atomic E-state index is 13.6. The molecule has 0 aliphatic heterocycles. The van der Waals surface area contributed by atoms with E-state index >= 15 is 0 Å². The molecular formula is C32H31BrN4O6S. The first-order valence-electron chi connectivity index (χ1n) is 13.4. The smallest absolute Gasteiger partial charge is 0.264 e. The monoisotopic (exact) mass is 678 g/mol. The Balaban J connectivity index is 1.37. The van der Waals surface area contributed by atoms with Crippen molar-refractivity contribution in [1.29, 1.82) is 0 Å². The number of hydrogen-bond acceptors (Lipinski definition) is 7. The first-order chi connectivity index (χ1) is 21.0. The van der Waals surface area contributed by atoms with Crippen molar-refractivity contribution in [3.05, 3.63) is 112 Å². The Morgan fingerprint density at radius 2 is 1.52 bits per heavy atom. The van der Waals surface area contributed by atoms with Gasteiger partial charge in [0.25, 0.3) is 21.8 Å². The molecule has 0 unspecified atom stereocenters. The van der Waals surface area contributed by atoms with E-state index in [2.05, 4.69) is 31.8 Å². The van der Waals surface area contributed by atoms with Crippen LogP contribution in [0.2, 0.25) is 0 Å². The van der Waals surface area contributed by atoms with Gasteiger partial charge in [-0.1, -0.05) is 35.4 Å². The molecule has 0 saturated heterocycles. The maximum absolute atomic E-state index is 13.6. The number of nitrogens with one attached hydrogen (secondary N) is 2. The SMILES string of the molecule is COc1ccc(S(=O)(=O)N(CC(=O)N/N=C/c2ccc(OCC(=O)Nc3ccc(C)cc3)cc2)c2ccc(C)cc2)cc1Br. The van der Waals surface area contributed by atoms with E-state index in [9.17, 15) is 18.0 Å². The summed E-state index contributed by atoms with van der Waals surface area (Å²) in [6, 6.07) is 25.4. The summed E-state index contributed by atoms with van der Waals surface area (Å²) >= 11 is 3.32. The summed E-state index contributed by atoms with van der Waals surface area (Å²) in [5, 5.41) is 6.74. The molecule has 0 aromatic heterocycles. The predicted octanol–water partition coefficient (Wildman–Crippen LogP) is 5.44. The number of hydrazone groups is 1. The molecular weight excluding hydrogens is 648 g/mol. The van der Waals surface area contributed by atoms with E-state index in [0.717, 1.165) is 15.4 Å². The van der Waals surface area contributed by atoms with Crippen LogP contribution >= 0.6 is 15.9 Å². The number of methoxy groups -OCH3 is 1. The lowest BCUT2D eigenvalue weighted by Gasteiger charge is -2.24. The summed E-state index contributed by atoms with van der Waals surface area (Å²) in [5.74, 6) is 0.0246. The van der Waals surface area contributed by atoms with Crippen LogP contribution in [0.4, 0.5) is 11.4 Å². The van der Waals surface area contributed by atoms with E-state index in [1.54, 1.807) is 48.5 Å². The lowest BCUT2D eigenvalue weighted by atomic mass is 10.2. The van der Waals surface area contributed by atoms with Gasteiger partial charge in [-0.2, -0.15) is 5.10 Å². The van der Waals surface area contributed by atoms with Gasteiger partial charge in [0.2, 0.25) is 0 Å². The number of benzene rings is 4. The first kappa shape index (κ1) is 32.2. The molecule has 12 heteroatoms. The molecule has 0 spiro atoms. The molecule has 0 aliphatic carbocycles. The van der Waals surface area contributed by atoms with Gasteiger partial charge in [0.05, 0.1) is 28.4 Å². The Labute approximate surface area is 264 Å². The van der Waals surface area contributed by atoms with Crippen molar-refractivity contribution in [3.8, 4) is 11.5 Å². The van der Waals surface area contributed by atoms with Gasteiger partial charge in [0, 0.05) is 5.69 Å². The maximum Gasteiger partial charge on any atom is 0.264 e. The minimum Gasteiger partial charge on any atom is -0.496 e. The Morgan fingerprint density at radius 1 is 0.886 bits per heavy atom. The molecule has 0 aliphatic rings. The quantitative estimate of drug-likeness (QED) is 0.152. The second kappa shape index (κ2) is 14.7. The number of aryl methyl sites for hydroxylation is 2. The number of carbonyl (C=O) groups excluding carboxylic acids is 2. The van der Waals surface area contributed by atoms with Crippen molar-refractivity contribution in [2.75, 3.05) is 29.9 Å². The topological polar surface area (TPSA) is 126 Å². The van der Waals surface area contributed by atoms with Crippen LogP contribution in [0.1, 0.15) is 16.7 Å². The van der Waals surface area contributed by atoms with Crippen molar-refractivity contribution >= 4 is 55.4 Å². The average Bonchev–Trinajstić information content (AvgIpc) is 3.01. The van der Waals surface area contributed by atoms with Crippen LogP contribution in [0.25, 0.3) is 0 Å². The lowest BCUT2D eigenvalue weighted by Crippen LogP contribution is -2.39. The number of anilines is 2. The van der Waals surface area contributed by atoms with Gasteiger partial charge in [0.1, 0.15) is 18.0 Å². The highest BCUT2D eigenvalue weighted by atomic mass is 79.9.